The molecule has 1 amide bonds. The molecule has 0 aromatic rings. The first-order chi connectivity index (χ1) is 12.2. The number of nitrogens with one attached hydrogen (secondary N) is 1. The smallest absolute Gasteiger partial charge is 0.407 e. The Balaban J connectivity index is 2.56. The third-order valence-electron chi connectivity index (χ3n) is 4.18. The van der Waals surface area contributed by atoms with Gasteiger partial charge in [0.25, 0.3) is 0 Å². The summed E-state index contributed by atoms with van der Waals surface area (Å²) in [5, 5.41) is 2.95. The minimum Gasteiger partial charge on any atom is -0.449 e. The van der Waals surface area contributed by atoms with Crippen molar-refractivity contribution in [3.8, 4) is 0 Å². The van der Waals surface area contributed by atoms with Crippen molar-refractivity contribution in [2.24, 2.45) is 5.41 Å². The Bertz CT molecular complexity index is 379. The average Bonchev–Trinajstić information content (AvgIpc) is 2.61. The molecule has 0 bridgehead atoms. The summed E-state index contributed by atoms with van der Waals surface area (Å²) < 4.78 is 22.0. The van der Waals surface area contributed by atoms with Gasteiger partial charge in [0.15, 0.2) is 0 Å². The number of alkyl carbamates (subject to hydrolysis) is 1. The number of methoxy groups -OCH3 is 1. The van der Waals surface area contributed by atoms with E-state index in [9.17, 15) is 4.79 Å². The van der Waals surface area contributed by atoms with Gasteiger partial charge < -0.3 is 24.3 Å². The number of hydrogen-bond donors (Lipinski definition) is 1. The van der Waals surface area contributed by atoms with Crippen LogP contribution >= 0.6 is 0 Å². The van der Waals surface area contributed by atoms with Gasteiger partial charge in [0.2, 0.25) is 0 Å². The molecule has 1 rings (SSSR count). The van der Waals surface area contributed by atoms with Gasteiger partial charge in [-0.1, -0.05) is 31.4 Å². The first-order valence-corrected chi connectivity index (χ1v) is 8.95. The van der Waals surface area contributed by atoms with Crippen molar-refractivity contribution in [3.63, 3.8) is 0 Å². The lowest BCUT2D eigenvalue weighted by Crippen LogP contribution is -2.44. The summed E-state index contributed by atoms with van der Waals surface area (Å²) in [6.45, 7) is 9.34. The lowest BCUT2D eigenvalue weighted by atomic mass is 9.92. The van der Waals surface area contributed by atoms with E-state index in [0.29, 0.717) is 33.0 Å². The minimum absolute atomic E-state index is 0.160. The maximum absolute atomic E-state index is 12.1. The molecule has 0 spiro atoms. The van der Waals surface area contributed by atoms with Crippen LogP contribution < -0.4 is 5.32 Å². The van der Waals surface area contributed by atoms with Crippen LogP contribution in [0.1, 0.15) is 32.1 Å². The van der Waals surface area contributed by atoms with Gasteiger partial charge in [0.1, 0.15) is 6.61 Å². The highest BCUT2D eigenvalue weighted by atomic mass is 16.6. The summed E-state index contributed by atoms with van der Waals surface area (Å²) in [7, 11) is 1.61. The Labute approximate surface area is 151 Å². The maximum Gasteiger partial charge on any atom is 0.407 e. The quantitative estimate of drug-likeness (QED) is 0.406. The van der Waals surface area contributed by atoms with Crippen LogP contribution in [0, 0.1) is 5.41 Å². The second-order valence-electron chi connectivity index (χ2n) is 6.60. The zero-order valence-electron chi connectivity index (χ0n) is 15.5. The number of hydrogen-bond acceptors (Lipinski definition) is 5. The fraction of sp³-hybridized carbons (Fsp3) is 0.737. The van der Waals surface area contributed by atoms with Crippen molar-refractivity contribution >= 4 is 6.09 Å². The van der Waals surface area contributed by atoms with E-state index in [4.69, 9.17) is 18.9 Å². The highest BCUT2D eigenvalue weighted by Gasteiger charge is 2.33. The van der Waals surface area contributed by atoms with E-state index >= 15 is 0 Å². The highest BCUT2D eigenvalue weighted by Crippen LogP contribution is 2.21. The largest absolute Gasteiger partial charge is 0.449 e. The van der Waals surface area contributed by atoms with Crippen molar-refractivity contribution < 1.29 is 23.7 Å². The monoisotopic (exact) mass is 355 g/mol. The van der Waals surface area contributed by atoms with Crippen molar-refractivity contribution in [1.82, 2.24) is 5.32 Å². The molecule has 25 heavy (non-hydrogen) atoms. The normalized spacial score (nSPS) is 15.6. The highest BCUT2D eigenvalue weighted by molar-refractivity contribution is 5.67. The van der Waals surface area contributed by atoms with Crippen LogP contribution in [0.3, 0.4) is 0 Å². The third kappa shape index (κ3) is 9.05. The molecule has 6 heteroatoms. The van der Waals surface area contributed by atoms with Crippen LogP contribution in [0.4, 0.5) is 4.79 Å². The number of rotatable bonds is 13. The van der Waals surface area contributed by atoms with E-state index in [1.807, 2.05) is 0 Å². The standard InChI is InChI=1S/C19H33NO5/c1-4-11-23-14-19(13-22-3,15-24-12-5-2)16-25-18(21)20-17-9-7-6-8-10-17/h4-5,17H,1-2,6-16H2,3H3,(H,20,21). The molecule has 1 aliphatic rings. The summed E-state index contributed by atoms with van der Waals surface area (Å²) >= 11 is 0. The molecule has 144 valence electrons. The lowest BCUT2D eigenvalue weighted by molar-refractivity contribution is -0.0796. The summed E-state index contributed by atoms with van der Waals surface area (Å²) in [5.41, 5.74) is -0.565. The Hall–Kier alpha value is -1.37. The molecule has 6 nitrogen and oxygen atoms in total. The fourth-order valence-electron chi connectivity index (χ4n) is 2.95. The Kier molecular flexibility index (Phi) is 11.2. The van der Waals surface area contributed by atoms with Gasteiger partial charge in [-0.15, -0.1) is 13.2 Å². The van der Waals surface area contributed by atoms with Gasteiger partial charge in [0, 0.05) is 13.2 Å². The first kappa shape index (κ1) is 21.7. The van der Waals surface area contributed by atoms with Gasteiger partial charge in [-0.3, -0.25) is 0 Å². The van der Waals surface area contributed by atoms with E-state index in [1.54, 1.807) is 19.3 Å². The lowest BCUT2D eigenvalue weighted by Gasteiger charge is -2.32. The second-order valence-corrected chi connectivity index (χ2v) is 6.60. The second kappa shape index (κ2) is 12.9. The van der Waals surface area contributed by atoms with Gasteiger partial charge in [-0.2, -0.15) is 0 Å². The van der Waals surface area contributed by atoms with Crippen LogP contribution in [0.15, 0.2) is 25.3 Å². The fourth-order valence-corrected chi connectivity index (χ4v) is 2.95. The van der Waals surface area contributed by atoms with E-state index in [0.717, 1.165) is 25.7 Å². The predicted molar refractivity (Wildman–Crippen MR) is 97.7 cm³/mol. The number of ether oxygens (including phenoxy) is 4. The molecule has 0 atom stereocenters. The molecule has 0 aromatic heterocycles. The summed E-state index contributed by atoms with van der Waals surface area (Å²) in [6, 6.07) is 0.215. The summed E-state index contributed by atoms with van der Waals surface area (Å²) in [5.74, 6) is 0. The van der Waals surface area contributed by atoms with E-state index < -0.39 is 5.41 Å². The SMILES string of the molecule is C=CCOCC(COC)(COCC=C)COC(=O)NC1CCCCC1. The molecule has 0 saturated heterocycles. The van der Waals surface area contributed by atoms with E-state index in [2.05, 4.69) is 18.5 Å². The molecule has 0 radical (unpaired) electrons. The predicted octanol–water partition coefficient (Wildman–Crippen LogP) is 3.08. The van der Waals surface area contributed by atoms with Crippen molar-refractivity contribution in [2.75, 3.05) is 46.8 Å². The number of carbonyl (C=O) groups is 1. The van der Waals surface area contributed by atoms with Gasteiger partial charge in [0.05, 0.1) is 38.4 Å². The Morgan fingerprint density at radius 3 is 2.16 bits per heavy atom. The number of carbonyl (C=O) groups excluding carboxylic acids is 1. The first-order valence-electron chi connectivity index (χ1n) is 8.95. The molecule has 1 saturated carbocycles. The van der Waals surface area contributed by atoms with E-state index in [-0.39, 0.29) is 18.7 Å². The van der Waals surface area contributed by atoms with Gasteiger partial charge in [-0.05, 0) is 12.8 Å². The molecule has 0 heterocycles. The molecular formula is C19H33NO5. The van der Waals surface area contributed by atoms with Gasteiger partial charge in [-0.25, -0.2) is 4.79 Å². The molecule has 1 N–H and O–H groups in total. The Morgan fingerprint density at radius 1 is 1.04 bits per heavy atom. The third-order valence-corrected chi connectivity index (χ3v) is 4.18. The minimum atomic E-state index is -0.565. The topological polar surface area (TPSA) is 66.0 Å². The van der Waals surface area contributed by atoms with Gasteiger partial charge >= 0.3 is 6.09 Å². The molecule has 1 fully saturated rings. The zero-order valence-corrected chi connectivity index (χ0v) is 15.5. The zero-order chi connectivity index (χ0) is 18.4. The van der Waals surface area contributed by atoms with Crippen LogP contribution in [0.2, 0.25) is 0 Å². The summed E-state index contributed by atoms with van der Waals surface area (Å²) in [6.07, 6.45) is 8.56. The van der Waals surface area contributed by atoms with Crippen LogP contribution in [0.5, 0.6) is 0 Å². The van der Waals surface area contributed by atoms with Crippen LogP contribution in [0.25, 0.3) is 0 Å². The van der Waals surface area contributed by atoms with E-state index in [1.165, 1.54) is 6.42 Å². The van der Waals surface area contributed by atoms with Crippen LogP contribution in [-0.2, 0) is 18.9 Å². The number of amides is 1. The maximum atomic E-state index is 12.1. The summed E-state index contributed by atoms with van der Waals surface area (Å²) in [4.78, 5) is 12.1. The van der Waals surface area contributed by atoms with Crippen molar-refractivity contribution in [3.05, 3.63) is 25.3 Å². The molecule has 0 aromatic carbocycles. The molecular weight excluding hydrogens is 322 g/mol. The molecule has 0 aliphatic heterocycles. The molecule has 1 aliphatic carbocycles. The Morgan fingerprint density at radius 2 is 1.64 bits per heavy atom. The van der Waals surface area contributed by atoms with Crippen LogP contribution in [-0.4, -0.2) is 58.9 Å². The van der Waals surface area contributed by atoms with Crippen molar-refractivity contribution in [1.29, 1.82) is 0 Å². The molecule has 0 unspecified atom stereocenters. The average molecular weight is 355 g/mol. The van der Waals surface area contributed by atoms with Crippen molar-refractivity contribution in [2.45, 2.75) is 38.1 Å².